The van der Waals surface area contributed by atoms with Crippen LogP contribution in [0.3, 0.4) is 0 Å². The number of hydrogen-bond acceptors (Lipinski definition) is 7. The summed E-state index contributed by atoms with van der Waals surface area (Å²) in [6.45, 7) is 1.81. The van der Waals surface area contributed by atoms with Crippen molar-refractivity contribution in [1.29, 1.82) is 0 Å². The summed E-state index contributed by atoms with van der Waals surface area (Å²) in [7, 11) is -4.14. The number of ether oxygens (including phenoxy) is 1. The Morgan fingerprint density at radius 3 is 2.48 bits per heavy atom. The molecule has 216 valence electrons. The maximum absolute atomic E-state index is 13.7. The predicted molar refractivity (Wildman–Crippen MR) is 157 cm³/mol. The van der Waals surface area contributed by atoms with E-state index in [2.05, 4.69) is 0 Å². The first kappa shape index (κ1) is 28.1. The highest BCUT2D eigenvalue weighted by atomic mass is 35.5. The average molecular weight is 628 g/mol. The fourth-order valence-corrected chi connectivity index (χ4v) is 7.32. The van der Waals surface area contributed by atoms with Crippen LogP contribution in [-0.4, -0.2) is 70.5 Å². The van der Waals surface area contributed by atoms with Gasteiger partial charge in [0.2, 0.25) is 5.78 Å². The number of phenolic OH excluding ortho intramolecular Hbond substituents is 1. The Morgan fingerprint density at radius 1 is 1.02 bits per heavy atom. The molecule has 0 saturated carbocycles. The molecule has 42 heavy (non-hydrogen) atoms. The summed E-state index contributed by atoms with van der Waals surface area (Å²) in [5.74, 6) is -0.276. The van der Waals surface area contributed by atoms with Gasteiger partial charge in [-0.2, -0.15) is 0 Å². The van der Waals surface area contributed by atoms with E-state index in [9.17, 15) is 28.2 Å². The van der Waals surface area contributed by atoms with Crippen molar-refractivity contribution in [2.24, 2.45) is 0 Å². The minimum Gasteiger partial charge on any atom is -0.507 e. The number of amides is 1. The molecule has 1 saturated heterocycles. The van der Waals surface area contributed by atoms with E-state index in [1.54, 1.807) is 24.3 Å². The highest BCUT2D eigenvalue weighted by Crippen LogP contribution is 2.41. The number of aromatic nitrogens is 1. The smallest absolute Gasteiger partial charge is 0.407 e. The fourth-order valence-electron chi connectivity index (χ4n) is 5.19. The number of para-hydroxylation sites is 1. The first-order chi connectivity index (χ1) is 20.0. The Bertz CT molecular complexity index is 1910. The molecule has 2 aliphatic rings. The summed E-state index contributed by atoms with van der Waals surface area (Å²) in [5, 5.41) is 20.7. The number of carboxylic acid groups (broad SMARTS) is 1. The van der Waals surface area contributed by atoms with Crippen LogP contribution in [0.1, 0.15) is 21.5 Å². The van der Waals surface area contributed by atoms with Gasteiger partial charge < -0.3 is 19.8 Å². The number of aromatic hydroxyl groups is 1. The molecule has 1 aromatic heterocycles. The monoisotopic (exact) mass is 627 g/mol. The van der Waals surface area contributed by atoms with Crippen molar-refractivity contribution < 1.29 is 33.0 Å². The maximum atomic E-state index is 13.7. The number of hydrogen-bond donors (Lipinski definition) is 2. The molecule has 10 nitrogen and oxygen atoms in total. The minimum atomic E-state index is -4.14. The van der Waals surface area contributed by atoms with Crippen LogP contribution in [0.15, 0.2) is 71.4 Å². The topological polar surface area (TPSA) is 129 Å². The number of ketones is 1. The number of halogens is 2. The lowest BCUT2D eigenvalue weighted by atomic mass is 10.0. The zero-order valence-corrected chi connectivity index (χ0v) is 24.2. The van der Waals surface area contributed by atoms with Gasteiger partial charge in [0.15, 0.2) is 5.76 Å². The Hall–Kier alpha value is -4.03. The van der Waals surface area contributed by atoms with Gasteiger partial charge in [-0.25, -0.2) is 17.2 Å². The van der Waals surface area contributed by atoms with Crippen LogP contribution >= 0.6 is 23.2 Å². The molecule has 3 aromatic carbocycles. The molecule has 0 aliphatic carbocycles. The van der Waals surface area contributed by atoms with Gasteiger partial charge in [0.1, 0.15) is 16.4 Å². The number of allylic oxidation sites excluding steroid dienone is 1. The molecule has 2 N–H and O–H groups in total. The molecule has 1 amide bonds. The molecule has 0 bridgehead atoms. The Kier molecular flexibility index (Phi) is 7.14. The highest BCUT2D eigenvalue weighted by molar-refractivity contribution is 7.90. The molecular formula is C29H23Cl2N3O7S. The van der Waals surface area contributed by atoms with Crippen molar-refractivity contribution in [3.8, 4) is 11.5 Å². The van der Waals surface area contributed by atoms with Crippen molar-refractivity contribution >= 4 is 62.1 Å². The van der Waals surface area contributed by atoms with E-state index >= 15 is 0 Å². The third-order valence-electron chi connectivity index (χ3n) is 7.37. The lowest BCUT2D eigenvalue weighted by Crippen LogP contribution is -2.47. The van der Waals surface area contributed by atoms with Gasteiger partial charge in [0, 0.05) is 54.9 Å². The van der Waals surface area contributed by atoms with Crippen LogP contribution in [0.2, 0.25) is 10.0 Å². The predicted octanol–water partition coefficient (Wildman–Crippen LogP) is 5.30. The number of rotatable bonds is 5. The van der Waals surface area contributed by atoms with Crippen molar-refractivity contribution in [3.05, 3.63) is 93.3 Å². The second-order valence-electron chi connectivity index (χ2n) is 9.90. The minimum absolute atomic E-state index is 0.0262. The van der Waals surface area contributed by atoms with Crippen molar-refractivity contribution in [2.45, 2.75) is 11.4 Å². The fraction of sp³-hybridized carbons (Fsp3) is 0.172. The highest BCUT2D eigenvalue weighted by Gasteiger charge is 2.33. The molecule has 3 heterocycles. The van der Waals surface area contributed by atoms with Gasteiger partial charge in [-0.15, -0.1) is 0 Å². The van der Waals surface area contributed by atoms with E-state index in [0.717, 1.165) is 3.97 Å². The van der Waals surface area contributed by atoms with E-state index in [4.69, 9.17) is 27.9 Å². The molecule has 1 fully saturated rings. The summed E-state index contributed by atoms with van der Waals surface area (Å²) in [4.78, 5) is 27.8. The average Bonchev–Trinajstić information content (AvgIpc) is 3.48. The van der Waals surface area contributed by atoms with Gasteiger partial charge in [0.05, 0.1) is 21.7 Å². The number of nitrogens with zero attached hydrogens (tertiary/aromatic N) is 3. The number of Topliss-reactive ketones (excluding diaryl/α,β-unsaturated/α-hetero) is 1. The van der Waals surface area contributed by atoms with Gasteiger partial charge >= 0.3 is 6.09 Å². The van der Waals surface area contributed by atoms with Gasteiger partial charge in [-0.3, -0.25) is 9.69 Å². The number of fused-ring (bicyclic) bond motifs is 2. The molecule has 4 aromatic rings. The van der Waals surface area contributed by atoms with E-state index in [1.165, 1.54) is 47.5 Å². The number of benzene rings is 3. The lowest BCUT2D eigenvalue weighted by Gasteiger charge is -2.33. The summed E-state index contributed by atoms with van der Waals surface area (Å²) >= 11 is 12.2. The van der Waals surface area contributed by atoms with E-state index in [-0.39, 0.29) is 39.3 Å². The Balaban J connectivity index is 1.35. The summed E-state index contributed by atoms with van der Waals surface area (Å²) < 4.78 is 34.4. The van der Waals surface area contributed by atoms with Gasteiger partial charge in [-0.05, 0) is 42.5 Å². The number of carbonyl (C=O) groups is 2. The van der Waals surface area contributed by atoms with Crippen molar-refractivity contribution in [1.82, 2.24) is 13.8 Å². The van der Waals surface area contributed by atoms with Crippen molar-refractivity contribution in [3.63, 3.8) is 0 Å². The standard InChI is InChI=1S/C29H23Cl2N3O7S/c30-18-5-8-26(22(31)14-18)42(39,40)34-15-17(19-3-1-2-4-23(19)34)13-25-27(36)20-6-7-24(35)21(28(20)41-25)16-32-9-11-33(12-10-32)29(37)38/h1-8,13-15,35H,9-12,16H2,(H,37,38). The van der Waals surface area contributed by atoms with Crippen LogP contribution < -0.4 is 4.74 Å². The summed E-state index contributed by atoms with van der Waals surface area (Å²) in [6.07, 6.45) is 1.90. The molecule has 6 rings (SSSR count). The Morgan fingerprint density at radius 2 is 1.76 bits per heavy atom. The SMILES string of the molecule is O=C1C(=Cc2cn(S(=O)(=O)c3ccc(Cl)cc3Cl)c3ccccc23)Oc2c1ccc(O)c2CN1CCN(C(=O)O)CC1. The van der Waals surface area contributed by atoms with Crippen LogP contribution in [0.5, 0.6) is 11.5 Å². The normalized spacial score (nSPS) is 16.7. The second-order valence-corrected chi connectivity index (χ2v) is 12.5. The van der Waals surface area contributed by atoms with E-state index < -0.39 is 21.9 Å². The second kappa shape index (κ2) is 10.7. The molecule has 0 radical (unpaired) electrons. The first-order valence-corrected chi connectivity index (χ1v) is 15.0. The zero-order chi connectivity index (χ0) is 29.8. The molecular weight excluding hydrogens is 605 g/mol. The molecule has 0 spiro atoms. The Labute approximate surface area is 250 Å². The van der Waals surface area contributed by atoms with Crippen molar-refractivity contribution in [2.75, 3.05) is 26.2 Å². The van der Waals surface area contributed by atoms with E-state index in [0.29, 0.717) is 53.2 Å². The number of piperazine rings is 1. The van der Waals surface area contributed by atoms with Crippen LogP contribution in [0, 0.1) is 0 Å². The van der Waals surface area contributed by atoms with Gasteiger partial charge in [0.25, 0.3) is 10.0 Å². The summed E-state index contributed by atoms with van der Waals surface area (Å²) in [5.41, 5.74) is 1.47. The molecule has 0 atom stereocenters. The third kappa shape index (κ3) is 4.88. The number of carbonyl (C=O) groups excluding carboxylic acids is 1. The first-order valence-electron chi connectivity index (χ1n) is 12.8. The molecule has 2 aliphatic heterocycles. The zero-order valence-electron chi connectivity index (χ0n) is 21.8. The van der Waals surface area contributed by atoms with E-state index in [1.807, 2.05) is 4.90 Å². The van der Waals surface area contributed by atoms with Crippen LogP contribution in [-0.2, 0) is 16.6 Å². The maximum Gasteiger partial charge on any atom is 0.407 e. The number of phenols is 1. The molecule has 0 unspecified atom stereocenters. The van der Waals surface area contributed by atoms with Gasteiger partial charge in [-0.1, -0.05) is 41.4 Å². The third-order valence-corrected chi connectivity index (χ3v) is 9.76. The van der Waals surface area contributed by atoms with Crippen LogP contribution in [0.4, 0.5) is 4.79 Å². The van der Waals surface area contributed by atoms with Crippen LogP contribution in [0.25, 0.3) is 17.0 Å². The summed E-state index contributed by atoms with van der Waals surface area (Å²) in [6, 6.07) is 13.9. The quantitative estimate of drug-likeness (QED) is 0.285. The lowest BCUT2D eigenvalue weighted by molar-refractivity contribution is 0.101. The molecule has 13 heteroatoms. The largest absolute Gasteiger partial charge is 0.507 e.